The molecule has 0 unspecified atom stereocenters. The molecular weight excluding hydrogens is 160 g/mol. The standard InChI is InChI=1S/C8H8O2S/c9-5-7-1-3-8(4-2-7)11-6-10/h1-5,10H,6H2. The summed E-state index contributed by atoms with van der Waals surface area (Å²) in [6.45, 7) is 0. The van der Waals surface area contributed by atoms with Crippen LogP contribution in [-0.4, -0.2) is 17.3 Å². The van der Waals surface area contributed by atoms with Gasteiger partial charge in [0, 0.05) is 10.5 Å². The predicted molar refractivity (Wildman–Crippen MR) is 44.8 cm³/mol. The van der Waals surface area contributed by atoms with Gasteiger partial charge in [-0.2, -0.15) is 0 Å². The van der Waals surface area contributed by atoms with E-state index < -0.39 is 0 Å². The van der Waals surface area contributed by atoms with Crippen LogP contribution in [0.1, 0.15) is 10.4 Å². The number of thioether (sulfide) groups is 1. The summed E-state index contributed by atoms with van der Waals surface area (Å²) < 4.78 is 0. The van der Waals surface area contributed by atoms with E-state index in [0.29, 0.717) is 5.56 Å². The number of benzene rings is 1. The summed E-state index contributed by atoms with van der Waals surface area (Å²) in [5.74, 6) is 0.0699. The van der Waals surface area contributed by atoms with Gasteiger partial charge in [0.05, 0.1) is 5.94 Å². The van der Waals surface area contributed by atoms with Crippen molar-refractivity contribution in [1.29, 1.82) is 0 Å². The molecule has 1 rings (SSSR count). The van der Waals surface area contributed by atoms with E-state index >= 15 is 0 Å². The molecule has 2 nitrogen and oxygen atoms in total. The zero-order valence-corrected chi connectivity index (χ0v) is 6.67. The van der Waals surface area contributed by atoms with Gasteiger partial charge in [-0.05, 0) is 12.1 Å². The molecule has 0 amide bonds. The summed E-state index contributed by atoms with van der Waals surface area (Å²) in [4.78, 5) is 11.2. The van der Waals surface area contributed by atoms with Gasteiger partial charge in [0.25, 0.3) is 0 Å². The van der Waals surface area contributed by atoms with Crippen LogP contribution in [0.25, 0.3) is 0 Å². The summed E-state index contributed by atoms with van der Waals surface area (Å²) in [6.07, 6.45) is 0.799. The molecule has 1 aromatic rings. The molecular formula is C8H8O2S. The second-order valence-electron chi connectivity index (χ2n) is 1.96. The van der Waals surface area contributed by atoms with Crippen LogP contribution in [0.3, 0.4) is 0 Å². The molecule has 0 spiro atoms. The molecule has 1 N–H and O–H groups in total. The van der Waals surface area contributed by atoms with Crippen molar-refractivity contribution < 1.29 is 9.90 Å². The van der Waals surface area contributed by atoms with Gasteiger partial charge in [0.1, 0.15) is 6.29 Å². The number of aliphatic hydroxyl groups excluding tert-OH is 1. The minimum absolute atomic E-state index is 0.0699. The number of carbonyl (C=O) groups excluding carboxylic acids is 1. The maximum Gasteiger partial charge on any atom is 0.150 e. The summed E-state index contributed by atoms with van der Waals surface area (Å²) >= 11 is 1.33. The molecule has 0 aliphatic carbocycles. The van der Waals surface area contributed by atoms with E-state index in [1.807, 2.05) is 12.1 Å². The van der Waals surface area contributed by atoms with E-state index in [2.05, 4.69) is 0 Å². The third kappa shape index (κ3) is 2.37. The van der Waals surface area contributed by atoms with Crippen molar-refractivity contribution in [3.63, 3.8) is 0 Å². The minimum atomic E-state index is 0.0699. The van der Waals surface area contributed by atoms with E-state index in [-0.39, 0.29) is 5.94 Å². The van der Waals surface area contributed by atoms with E-state index in [4.69, 9.17) is 5.11 Å². The van der Waals surface area contributed by atoms with Crippen molar-refractivity contribution in [2.75, 3.05) is 5.94 Å². The average molecular weight is 168 g/mol. The number of hydrogen-bond acceptors (Lipinski definition) is 3. The summed E-state index contributed by atoms with van der Waals surface area (Å²) in [6, 6.07) is 7.07. The Kier molecular flexibility index (Phi) is 3.14. The lowest BCUT2D eigenvalue weighted by atomic mass is 10.2. The largest absolute Gasteiger partial charge is 0.385 e. The lowest BCUT2D eigenvalue weighted by Crippen LogP contribution is -1.79. The molecule has 0 fully saturated rings. The normalized spacial score (nSPS) is 9.55. The van der Waals surface area contributed by atoms with Crippen molar-refractivity contribution in [3.05, 3.63) is 29.8 Å². The summed E-state index contributed by atoms with van der Waals surface area (Å²) in [7, 11) is 0. The molecule has 0 heterocycles. The van der Waals surface area contributed by atoms with E-state index in [1.54, 1.807) is 12.1 Å². The SMILES string of the molecule is O=Cc1ccc(SCO)cc1. The molecule has 3 heteroatoms. The fourth-order valence-corrected chi connectivity index (χ4v) is 1.19. The highest BCUT2D eigenvalue weighted by atomic mass is 32.2. The Balaban J connectivity index is 2.74. The van der Waals surface area contributed by atoms with Crippen LogP contribution >= 0.6 is 11.8 Å². The van der Waals surface area contributed by atoms with Crippen molar-refractivity contribution in [3.8, 4) is 0 Å². The molecule has 11 heavy (non-hydrogen) atoms. The molecule has 0 radical (unpaired) electrons. The van der Waals surface area contributed by atoms with Crippen LogP contribution < -0.4 is 0 Å². The molecule has 0 aliphatic rings. The van der Waals surface area contributed by atoms with Crippen LogP contribution in [0.15, 0.2) is 29.2 Å². The Bertz CT molecular complexity index is 230. The lowest BCUT2D eigenvalue weighted by molar-refractivity contribution is 0.112. The lowest BCUT2D eigenvalue weighted by Gasteiger charge is -1.95. The first-order valence-corrected chi connectivity index (χ1v) is 4.14. The highest BCUT2D eigenvalue weighted by Gasteiger charge is 1.91. The van der Waals surface area contributed by atoms with Crippen LogP contribution in [-0.2, 0) is 0 Å². The first-order valence-electron chi connectivity index (χ1n) is 3.15. The zero-order chi connectivity index (χ0) is 8.10. The van der Waals surface area contributed by atoms with Crippen LogP contribution in [0, 0.1) is 0 Å². The molecule has 0 bridgehead atoms. The van der Waals surface area contributed by atoms with Gasteiger partial charge in [-0.25, -0.2) is 0 Å². The molecule has 0 atom stereocenters. The second kappa shape index (κ2) is 4.16. The number of carbonyl (C=O) groups is 1. The quantitative estimate of drug-likeness (QED) is 0.422. The topological polar surface area (TPSA) is 37.3 Å². The fourth-order valence-electron chi connectivity index (χ4n) is 0.717. The van der Waals surface area contributed by atoms with Crippen molar-refractivity contribution in [1.82, 2.24) is 0 Å². The zero-order valence-electron chi connectivity index (χ0n) is 5.86. The number of aldehydes is 1. The van der Waals surface area contributed by atoms with Gasteiger partial charge in [-0.1, -0.05) is 23.9 Å². The number of hydrogen-bond donors (Lipinski definition) is 1. The monoisotopic (exact) mass is 168 g/mol. The summed E-state index contributed by atoms with van der Waals surface area (Å²) in [5.41, 5.74) is 0.660. The van der Waals surface area contributed by atoms with Crippen molar-refractivity contribution >= 4 is 18.0 Å². The fraction of sp³-hybridized carbons (Fsp3) is 0.125. The van der Waals surface area contributed by atoms with Crippen LogP contribution in [0.2, 0.25) is 0 Å². The molecule has 0 saturated heterocycles. The Hall–Kier alpha value is -0.800. The Morgan fingerprint density at radius 1 is 1.36 bits per heavy atom. The minimum Gasteiger partial charge on any atom is -0.385 e. The average Bonchev–Trinajstić information content (AvgIpc) is 2.07. The predicted octanol–water partition coefficient (Wildman–Crippen LogP) is 1.54. The van der Waals surface area contributed by atoms with Gasteiger partial charge in [-0.15, -0.1) is 0 Å². The number of rotatable bonds is 3. The molecule has 1 aromatic carbocycles. The number of aliphatic hydroxyl groups is 1. The molecule has 58 valence electrons. The van der Waals surface area contributed by atoms with E-state index in [0.717, 1.165) is 11.2 Å². The first kappa shape index (κ1) is 8.30. The molecule has 0 aromatic heterocycles. The smallest absolute Gasteiger partial charge is 0.150 e. The second-order valence-corrected chi connectivity index (χ2v) is 2.98. The van der Waals surface area contributed by atoms with E-state index in [9.17, 15) is 4.79 Å². The van der Waals surface area contributed by atoms with Crippen molar-refractivity contribution in [2.45, 2.75) is 4.90 Å². The van der Waals surface area contributed by atoms with Gasteiger partial charge in [-0.3, -0.25) is 4.79 Å². The third-order valence-electron chi connectivity index (χ3n) is 1.25. The highest BCUT2D eigenvalue weighted by Crippen LogP contribution is 2.16. The summed E-state index contributed by atoms with van der Waals surface area (Å²) in [5, 5.41) is 8.54. The maximum atomic E-state index is 10.2. The van der Waals surface area contributed by atoms with Crippen LogP contribution in [0.5, 0.6) is 0 Å². The Morgan fingerprint density at radius 3 is 2.45 bits per heavy atom. The van der Waals surface area contributed by atoms with Gasteiger partial charge in [0.2, 0.25) is 0 Å². The van der Waals surface area contributed by atoms with Gasteiger partial charge < -0.3 is 5.11 Å². The Labute approximate surface area is 69.2 Å². The molecule has 0 aliphatic heterocycles. The van der Waals surface area contributed by atoms with Gasteiger partial charge >= 0.3 is 0 Å². The van der Waals surface area contributed by atoms with Crippen molar-refractivity contribution in [2.24, 2.45) is 0 Å². The van der Waals surface area contributed by atoms with E-state index in [1.165, 1.54) is 11.8 Å². The third-order valence-corrected chi connectivity index (χ3v) is 1.98. The molecule has 0 saturated carbocycles. The Morgan fingerprint density at radius 2 is 2.00 bits per heavy atom. The maximum absolute atomic E-state index is 10.2. The first-order chi connectivity index (χ1) is 5.36. The van der Waals surface area contributed by atoms with Crippen LogP contribution in [0.4, 0.5) is 0 Å². The van der Waals surface area contributed by atoms with Gasteiger partial charge in [0.15, 0.2) is 0 Å². The highest BCUT2D eigenvalue weighted by molar-refractivity contribution is 7.99.